The highest BCUT2D eigenvalue weighted by Crippen LogP contribution is 2.38. The Labute approximate surface area is 177 Å². The van der Waals surface area contributed by atoms with Crippen LogP contribution in [0.2, 0.25) is 5.02 Å². The van der Waals surface area contributed by atoms with Crippen molar-refractivity contribution in [2.45, 2.75) is 57.7 Å². The fourth-order valence-electron chi connectivity index (χ4n) is 3.57. The normalized spacial score (nSPS) is 20.3. The highest BCUT2D eigenvalue weighted by Gasteiger charge is 2.49. The molecule has 10 heteroatoms. The number of alkyl halides is 2. The Balaban J connectivity index is 2.05. The second kappa shape index (κ2) is 7.77. The SMILES string of the molecule is C[C@H](N)c1nc2cccc(Cl)c2c(=O)n1C1CCN(C(=O)OC(C)(C)C)CC1(F)F. The molecular weight excluding hydrogens is 418 g/mol. The Morgan fingerprint density at radius 1 is 1.40 bits per heavy atom. The Morgan fingerprint density at radius 2 is 2.07 bits per heavy atom. The van der Waals surface area contributed by atoms with E-state index in [9.17, 15) is 9.59 Å². The molecule has 30 heavy (non-hydrogen) atoms. The maximum atomic E-state index is 15.2. The van der Waals surface area contributed by atoms with E-state index >= 15 is 8.78 Å². The average molecular weight is 443 g/mol. The van der Waals surface area contributed by atoms with Gasteiger partial charge in [0.05, 0.1) is 28.5 Å². The van der Waals surface area contributed by atoms with E-state index < -0.39 is 41.8 Å². The molecule has 1 aliphatic heterocycles. The fourth-order valence-corrected chi connectivity index (χ4v) is 3.82. The lowest BCUT2D eigenvalue weighted by atomic mass is 9.99. The Morgan fingerprint density at radius 3 is 2.63 bits per heavy atom. The molecule has 1 fully saturated rings. The first-order valence-electron chi connectivity index (χ1n) is 9.64. The lowest BCUT2D eigenvalue weighted by Crippen LogP contribution is -2.54. The molecule has 2 atom stereocenters. The van der Waals surface area contributed by atoms with Gasteiger partial charge in [-0.15, -0.1) is 0 Å². The monoisotopic (exact) mass is 442 g/mol. The quantitative estimate of drug-likeness (QED) is 0.762. The molecule has 1 aromatic heterocycles. The van der Waals surface area contributed by atoms with Crippen molar-refractivity contribution < 1.29 is 18.3 Å². The molecule has 0 bridgehead atoms. The summed E-state index contributed by atoms with van der Waals surface area (Å²) in [4.78, 5) is 30.8. The number of likely N-dealkylation sites (tertiary alicyclic amines) is 1. The van der Waals surface area contributed by atoms with Gasteiger partial charge in [0.1, 0.15) is 17.5 Å². The zero-order valence-electron chi connectivity index (χ0n) is 17.3. The van der Waals surface area contributed by atoms with Crippen molar-refractivity contribution >= 4 is 28.6 Å². The van der Waals surface area contributed by atoms with E-state index in [4.69, 9.17) is 22.1 Å². The maximum Gasteiger partial charge on any atom is 0.410 e. The predicted octanol–water partition coefficient (Wildman–Crippen LogP) is 3.89. The number of fused-ring (bicyclic) bond motifs is 1. The number of halogens is 3. The second-order valence-electron chi connectivity index (χ2n) is 8.54. The maximum absolute atomic E-state index is 15.2. The number of nitrogens with two attached hydrogens (primary N) is 1. The molecule has 2 heterocycles. The molecule has 1 amide bonds. The predicted molar refractivity (Wildman–Crippen MR) is 110 cm³/mol. The van der Waals surface area contributed by atoms with Gasteiger partial charge < -0.3 is 15.4 Å². The number of hydrogen-bond donors (Lipinski definition) is 1. The van der Waals surface area contributed by atoms with Crippen molar-refractivity contribution in [2.24, 2.45) is 5.73 Å². The number of hydrogen-bond acceptors (Lipinski definition) is 5. The van der Waals surface area contributed by atoms with Crippen LogP contribution in [0.4, 0.5) is 13.6 Å². The molecule has 164 valence electrons. The summed E-state index contributed by atoms with van der Waals surface area (Å²) >= 11 is 6.16. The fraction of sp³-hybridized carbons (Fsp3) is 0.550. The van der Waals surface area contributed by atoms with Crippen LogP contribution in [0.25, 0.3) is 10.9 Å². The summed E-state index contributed by atoms with van der Waals surface area (Å²) < 4.78 is 36.6. The molecule has 1 aliphatic rings. The Bertz CT molecular complexity index is 1030. The first-order chi connectivity index (χ1) is 13.8. The van der Waals surface area contributed by atoms with Crippen LogP contribution in [-0.4, -0.2) is 45.2 Å². The molecule has 2 aromatic rings. The van der Waals surface area contributed by atoms with Crippen LogP contribution in [0.5, 0.6) is 0 Å². The summed E-state index contributed by atoms with van der Waals surface area (Å²) in [6.07, 6.45) is -0.983. The number of rotatable bonds is 2. The zero-order chi connectivity index (χ0) is 22.4. The number of aromatic nitrogens is 2. The van der Waals surface area contributed by atoms with Crippen molar-refractivity contribution in [3.8, 4) is 0 Å². The zero-order valence-corrected chi connectivity index (χ0v) is 18.0. The van der Waals surface area contributed by atoms with E-state index in [-0.39, 0.29) is 29.2 Å². The van der Waals surface area contributed by atoms with Crippen LogP contribution in [0, 0.1) is 0 Å². The lowest BCUT2D eigenvalue weighted by molar-refractivity contribution is -0.105. The second-order valence-corrected chi connectivity index (χ2v) is 8.94. The molecule has 0 spiro atoms. The average Bonchev–Trinajstić information content (AvgIpc) is 2.59. The number of nitrogens with zero attached hydrogens (tertiary/aromatic N) is 3. The number of amides is 1. The third-order valence-corrected chi connectivity index (χ3v) is 5.15. The van der Waals surface area contributed by atoms with Crippen molar-refractivity contribution in [2.75, 3.05) is 13.1 Å². The van der Waals surface area contributed by atoms with Gasteiger partial charge in [-0.05, 0) is 46.2 Å². The van der Waals surface area contributed by atoms with E-state index in [1.165, 1.54) is 6.07 Å². The smallest absolute Gasteiger partial charge is 0.410 e. The topological polar surface area (TPSA) is 90.5 Å². The minimum absolute atomic E-state index is 0.000557. The summed E-state index contributed by atoms with van der Waals surface area (Å²) in [7, 11) is 0. The molecule has 3 rings (SSSR count). The molecule has 0 radical (unpaired) electrons. The third-order valence-electron chi connectivity index (χ3n) is 4.84. The van der Waals surface area contributed by atoms with Gasteiger partial charge in [-0.25, -0.2) is 18.6 Å². The molecular formula is C20H25ClF2N4O3. The highest BCUT2D eigenvalue weighted by atomic mass is 35.5. The standard InChI is InChI=1S/C20H25ClF2N4O3/c1-11(24)16-25-13-7-5-6-12(21)15(13)17(28)27(16)14-8-9-26(10-20(14,22)23)18(29)30-19(2,3)4/h5-7,11,14H,8-10,24H2,1-4H3/t11-,14?/m0/s1. The van der Waals surface area contributed by atoms with Gasteiger partial charge in [-0.3, -0.25) is 9.36 Å². The van der Waals surface area contributed by atoms with Crippen LogP contribution in [0.1, 0.15) is 52.0 Å². The molecule has 1 saturated heterocycles. The Kier molecular flexibility index (Phi) is 5.81. The van der Waals surface area contributed by atoms with Crippen LogP contribution in [-0.2, 0) is 4.74 Å². The third kappa shape index (κ3) is 4.27. The van der Waals surface area contributed by atoms with Gasteiger partial charge in [0.2, 0.25) is 0 Å². The van der Waals surface area contributed by atoms with E-state index in [1.807, 2.05) is 0 Å². The summed E-state index contributed by atoms with van der Waals surface area (Å²) in [5, 5.41) is 0.193. The minimum atomic E-state index is -3.40. The van der Waals surface area contributed by atoms with E-state index in [0.717, 1.165) is 9.47 Å². The van der Waals surface area contributed by atoms with Gasteiger partial charge in [-0.2, -0.15) is 0 Å². The van der Waals surface area contributed by atoms with Crippen LogP contribution in [0.15, 0.2) is 23.0 Å². The number of piperidine rings is 1. The molecule has 1 aromatic carbocycles. The van der Waals surface area contributed by atoms with E-state index in [1.54, 1.807) is 39.8 Å². The number of ether oxygens (including phenoxy) is 1. The largest absolute Gasteiger partial charge is 0.444 e. The van der Waals surface area contributed by atoms with E-state index in [2.05, 4.69) is 4.98 Å². The lowest BCUT2D eigenvalue weighted by Gasteiger charge is -2.40. The minimum Gasteiger partial charge on any atom is -0.444 e. The summed E-state index contributed by atoms with van der Waals surface area (Å²) in [6, 6.07) is 2.44. The molecule has 0 saturated carbocycles. The molecule has 0 aliphatic carbocycles. The number of benzene rings is 1. The van der Waals surface area contributed by atoms with Gasteiger partial charge in [0.25, 0.3) is 11.5 Å². The molecule has 7 nitrogen and oxygen atoms in total. The van der Waals surface area contributed by atoms with Gasteiger partial charge in [-0.1, -0.05) is 17.7 Å². The Hall–Kier alpha value is -2.26. The molecule has 1 unspecified atom stereocenters. The summed E-state index contributed by atoms with van der Waals surface area (Å²) in [6.45, 7) is 5.68. The van der Waals surface area contributed by atoms with Crippen molar-refractivity contribution in [3.63, 3.8) is 0 Å². The highest BCUT2D eigenvalue weighted by molar-refractivity contribution is 6.35. The van der Waals surface area contributed by atoms with E-state index in [0.29, 0.717) is 5.52 Å². The summed E-state index contributed by atoms with van der Waals surface area (Å²) in [5.41, 5.74) is 4.79. The van der Waals surface area contributed by atoms with Gasteiger partial charge in [0.15, 0.2) is 0 Å². The van der Waals surface area contributed by atoms with Crippen LogP contribution >= 0.6 is 11.6 Å². The number of carbonyl (C=O) groups excluding carboxylic acids is 1. The first kappa shape index (κ1) is 22.4. The first-order valence-corrected chi connectivity index (χ1v) is 10.0. The van der Waals surface area contributed by atoms with Crippen LogP contribution in [0.3, 0.4) is 0 Å². The van der Waals surface area contributed by atoms with Crippen LogP contribution < -0.4 is 11.3 Å². The van der Waals surface area contributed by atoms with Gasteiger partial charge in [0, 0.05) is 6.54 Å². The number of carbonyl (C=O) groups is 1. The van der Waals surface area contributed by atoms with Gasteiger partial charge >= 0.3 is 6.09 Å². The van der Waals surface area contributed by atoms with Crippen molar-refractivity contribution in [1.29, 1.82) is 0 Å². The van der Waals surface area contributed by atoms with Crippen molar-refractivity contribution in [3.05, 3.63) is 39.4 Å². The van der Waals surface area contributed by atoms with Crippen molar-refractivity contribution in [1.82, 2.24) is 14.5 Å². The summed E-state index contributed by atoms with van der Waals surface area (Å²) in [5.74, 6) is -3.36. The molecule has 2 N–H and O–H groups in total.